The summed E-state index contributed by atoms with van der Waals surface area (Å²) < 4.78 is 5.05. The maximum atomic E-state index is 11.2. The predicted octanol–water partition coefficient (Wildman–Crippen LogP) is 1.62. The molecule has 0 aromatic heterocycles. The lowest BCUT2D eigenvalue weighted by Gasteiger charge is -2.24. The molecule has 2 N–H and O–H groups in total. The maximum Gasteiger partial charge on any atom is 0.323 e. The Balaban J connectivity index is 2.04. The van der Waals surface area contributed by atoms with Gasteiger partial charge < -0.3 is 10.5 Å². The molecule has 0 aliphatic heterocycles. The quantitative estimate of drug-likeness (QED) is 0.520. The van der Waals surface area contributed by atoms with Gasteiger partial charge in [-0.2, -0.15) is 0 Å². The molecule has 14 heavy (non-hydrogen) atoms. The van der Waals surface area contributed by atoms with Gasteiger partial charge in [0.2, 0.25) is 0 Å². The first kappa shape index (κ1) is 11.2. The lowest BCUT2D eigenvalue weighted by atomic mass is 9.83. The second-order valence-corrected chi connectivity index (χ2v) is 3.88. The number of ether oxygens (including phenoxy) is 1. The lowest BCUT2D eigenvalue weighted by Crippen LogP contribution is -2.32. The van der Waals surface area contributed by atoms with Gasteiger partial charge in [0.1, 0.15) is 6.04 Å². The van der Waals surface area contributed by atoms with Crippen molar-refractivity contribution in [3.05, 3.63) is 12.7 Å². The van der Waals surface area contributed by atoms with Gasteiger partial charge in [0.15, 0.2) is 0 Å². The fraction of sp³-hybridized carbons (Fsp3) is 0.727. The fourth-order valence-corrected chi connectivity index (χ4v) is 1.49. The number of nitrogens with two attached hydrogens (primary N) is 1. The first-order valence-electron chi connectivity index (χ1n) is 5.27. The molecule has 3 heteroatoms. The predicted molar refractivity (Wildman–Crippen MR) is 55.7 cm³/mol. The molecule has 3 nitrogen and oxygen atoms in total. The van der Waals surface area contributed by atoms with E-state index in [4.69, 9.17) is 10.5 Å². The summed E-state index contributed by atoms with van der Waals surface area (Å²) >= 11 is 0. The molecule has 0 heterocycles. The standard InChI is InChI=1S/C11H19NO2/c1-2-4-10(12)11(13)14-8-7-9-5-3-6-9/h2,9-10H,1,3-8,12H2. The van der Waals surface area contributed by atoms with Crippen LogP contribution < -0.4 is 5.73 Å². The number of hydrogen-bond donors (Lipinski definition) is 1. The lowest BCUT2D eigenvalue weighted by molar-refractivity contribution is -0.145. The summed E-state index contributed by atoms with van der Waals surface area (Å²) in [4.78, 5) is 11.2. The van der Waals surface area contributed by atoms with Crippen LogP contribution in [0.15, 0.2) is 12.7 Å². The van der Waals surface area contributed by atoms with Crippen LogP contribution in [0.4, 0.5) is 0 Å². The summed E-state index contributed by atoms with van der Waals surface area (Å²) in [6.07, 6.45) is 7.02. The number of carbonyl (C=O) groups is 1. The first-order valence-corrected chi connectivity index (χ1v) is 5.27. The minimum absolute atomic E-state index is 0.302. The van der Waals surface area contributed by atoms with E-state index >= 15 is 0 Å². The second-order valence-electron chi connectivity index (χ2n) is 3.88. The van der Waals surface area contributed by atoms with Gasteiger partial charge in [-0.1, -0.05) is 25.3 Å². The van der Waals surface area contributed by atoms with E-state index in [0.717, 1.165) is 12.3 Å². The van der Waals surface area contributed by atoms with Crippen molar-refractivity contribution in [2.75, 3.05) is 6.61 Å². The van der Waals surface area contributed by atoms with Gasteiger partial charge in [-0.3, -0.25) is 4.79 Å². The Morgan fingerprint density at radius 2 is 2.36 bits per heavy atom. The third-order valence-corrected chi connectivity index (χ3v) is 2.72. The third kappa shape index (κ3) is 3.50. The van der Waals surface area contributed by atoms with Crippen LogP contribution in [-0.4, -0.2) is 18.6 Å². The van der Waals surface area contributed by atoms with Crippen LogP contribution in [0.25, 0.3) is 0 Å². The van der Waals surface area contributed by atoms with Gasteiger partial charge in [0.05, 0.1) is 6.61 Å². The smallest absolute Gasteiger partial charge is 0.323 e. The van der Waals surface area contributed by atoms with E-state index in [1.807, 2.05) is 0 Å². The van der Waals surface area contributed by atoms with Gasteiger partial charge in [-0.15, -0.1) is 6.58 Å². The normalized spacial score (nSPS) is 18.4. The molecule has 1 atom stereocenters. The van der Waals surface area contributed by atoms with Crippen LogP contribution in [0.1, 0.15) is 32.1 Å². The average Bonchev–Trinajstić information content (AvgIpc) is 2.09. The molecule has 0 saturated heterocycles. The van der Waals surface area contributed by atoms with E-state index in [1.165, 1.54) is 19.3 Å². The van der Waals surface area contributed by atoms with Gasteiger partial charge in [0.25, 0.3) is 0 Å². The van der Waals surface area contributed by atoms with Crippen molar-refractivity contribution in [3.63, 3.8) is 0 Å². The summed E-state index contributed by atoms with van der Waals surface area (Å²) in [6.45, 7) is 4.05. The molecule has 0 aromatic carbocycles. The zero-order valence-electron chi connectivity index (χ0n) is 8.58. The van der Waals surface area contributed by atoms with E-state index in [-0.39, 0.29) is 5.97 Å². The van der Waals surface area contributed by atoms with Crippen molar-refractivity contribution in [1.82, 2.24) is 0 Å². The largest absolute Gasteiger partial charge is 0.465 e. The molecule has 0 aromatic rings. The van der Waals surface area contributed by atoms with Crippen molar-refractivity contribution in [3.8, 4) is 0 Å². The number of rotatable bonds is 6. The Labute approximate surface area is 85.3 Å². The van der Waals surface area contributed by atoms with Gasteiger partial charge in [0, 0.05) is 0 Å². The van der Waals surface area contributed by atoms with E-state index in [1.54, 1.807) is 6.08 Å². The first-order chi connectivity index (χ1) is 6.74. The Hall–Kier alpha value is -0.830. The molecule has 1 saturated carbocycles. The highest BCUT2D eigenvalue weighted by atomic mass is 16.5. The van der Waals surface area contributed by atoms with E-state index < -0.39 is 6.04 Å². The van der Waals surface area contributed by atoms with Crippen molar-refractivity contribution in [2.24, 2.45) is 11.7 Å². The maximum absolute atomic E-state index is 11.2. The molecule has 1 fully saturated rings. The van der Waals surface area contributed by atoms with Crippen molar-refractivity contribution in [2.45, 2.75) is 38.1 Å². The number of carbonyl (C=O) groups excluding carboxylic acids is 1. The summed E-state index contributed by atoms with van der Waals surface area (Å²) in [5.74, 6) is 0.475. The average molecular weight is 197 g/mol. The fourth-order valence-electron chi connectivity index (χ4n) is 1.49. The van der Waals surface area contributed by atoms with Crippen molar-refractivity contribution < 1.29 is 9.53 Å². The summed E-state index contributed by atoms with van der Waals surface area (Å²) in [6, 6.07) is -0.533. The van der Waals surface area contributed by atoms with Crippen LogP contribution in [0, 0.1) is 5.92 Å². The molecule has 0 radical (unpaired) electrons. The molecule has 1 rings (SSSR count). The second kappa shape index (κ2) is 5.81. The summed E-state index contributed by atoms with van der Waals surface area (Å²) in [5.41, 5.74) is 5.55. The minimum atomic E-state index is -0.533. The van der Waals surface area contributed by atoms with Crippen LogP contribution in [0.5, 0.6) is 0 Å². The number of hydrogen-bond acceptors (Lipinski definition) is 3. The highest BCUT2D eigenvalue weighted by molar-refractivity contribution is 5.75. The Morgan fingerprint density at radius 1 is 1.64 bits per heavy atom. The minimum Gasteiger partial charge on any atom is -0.465 e. The molecule has 1 aliphatic rings. The van der Waals surface area contributed by atoms with Gasteiger partial charge in [-0.05, 0) is 18.8 Å². The van der Waals surface area contributed by atoms with E-state index in [9.17, 15) is 4.79 Å². The van der Waals surface area contributed by atoms with Crippen LogP contribution >= 0.6 is 0 Å². The van der Waals surface area contributed by atoms with Crippen molar-refractivity contribution >= 4 is 5.97 Å². The Morgan fingerprint density at radius 3 is 2.86 bits per heavy atom. The monoisotopic (exact) mass is 197 g/mol. The van der Waals surface area contributed by atoms with Gasteiger partial charge >= 0.3 is 5.97 Å². The molecular weight excluding hydrogens is 178 g/mol. The molecule has 1 unspecified atom stereocenters. The van der Waals surface area contributed by atoms with Crippen LogP contribution in [-0.2, 0) is 9.53 Å². The highest BCUT2D eigenvalue weighted by Crippen LogP contribution is 2.29. The van der Waals surface area contributed by atoms with Crippen LogP contribution in [0.3, 0.4) is 0 Å². The zero-order chi connectivity index (χ0) is 10.4. The van der Waals surface area contributed by atoms with Crippen LogP contribution in [0.2, 0.25) is 0 Å². The molecule has 0 amide bonds. The summed E-state index contributed by atoms with van der Waals surface area (Å²) in [5, 5.41) is 0. The Kier molecular flexibility index (Phi) is 4.66. The molecular formula is C11H19NO2. The van der Waals surface area contributed by atoms with Gasteiger partial charge in [-0.25, -0.2) is 0 Å². The highest BCUT2D eigenvalue weighted by Gasteiger charge is 2.18. The van der Waals surface area contributed by atoms with E-state index in [0.29, 0.717) is 13.0 Å². The van der Waals surface area contributed by atoms with E-state index in [2.05, 4.69) is 6.58 Å². The summed E-state index contributed by atoms with van der Waals surface area (Å²) in [7, 11) is 0. The molecule has 0 bridgehead atoms. The number of esters is 1. The topological polar surface area (TPSA) is 52.3 Å². The SMILES string of the molecule is C=CCC(N)C(=O)OCCC1CCC1. The molecule has 0 spiro atoms. The third-order valence-electron chi connectivity index (χ3n) is 2.72. The Bertz CT molecular complexity index is 199. The van der Waals surface area contributed by atoms with Crippen molar-refractivity contribution in [1.29, 1.82) is 0 Å². The molecule has 80 valence electrons. The zero-order valence-corrected chi connectivity index (χ0v) is 8.58. The molecule has 1 aliphatic carbocycles.